The van der Waals surface area contributed by atoms with Gasteiger partial charge in [-0.15, -0.1) is 0 Å². The molecular formula is C39H29N5. The molecule has 0 saturated heterocycles. The number of aliphatic imine (C=N–C) groups is 2. The van der Waals surface area contributed by atoms with E-state index in [-0.39, 0.29) is 18.1 Å². The van der Waals surface area contributed by atoms with Crippen LogP contribution in [0.5, 0.6) is 0 Å². The summed E-state index contributed by atoms with van der Waals surface area (Å²) in [4.78, 5) is 12.9. The van der Waals surface area contributed by atoms with E-state index in [0.29, 0.717) is 0 Å². The van der Waals surface area contributed by atoms with Gasteiger partial charge in [-0.1, -0.05) is 133 Å². The lowest BCUT2D eigenvalue weighted by Crippen LogP contribution is -2.39. The van der Waals surface area contributed by atoms with Gasteiger partial charge in [0.05, 0.1) is 22.8 Å². The number of aromatic nitrogens is 1. The quantitative estimate of drug-likeness (QED) is 0.233. The summed E-state index contributed by atoms with van der Waals surface area (Å²) in [6.07, 6.45) is 8.65. The van der Waals surface area contributed by atoms with Crippen molar-refractivity contribution in [3.8, 4) is 0 Å². The van der Waals surface area contributed by atoms with Crippen molar-refractivity contribution in [3.05, 3.63) is 168 Å². The minimum atomic E-state index is -0.380. The SMILES string of the molecule is C1=CC2c3ccc4c5ccccc5n(C5=NC(c6ccccc6)N=C(c6ccccc6)N5)c4c3N(c3ccccc3)C2C=C1. The first kappa shape index (κ1) is 24.9. The summed E-state index contributed by atoms with van der Waals surface area (Å²) in [5.74, 6) is 1.83. The van der Waals surface area contributed by atoms with E-state index in [1.807, 2.05) is 12.1 Å². The number of rotatable bonds is 3. The number of fused-ring (bicyclic) bond motifs is 7. The molecule has 3 heterocycles. The first-order valence-corrected chi connectivity index (χ1v) is 15.1. The molecule has 0 spiro atoms. The van der Waals surface area contributed by atoms with Gasteiger partial charge in [0.15, 0.2) is 6.17 Å². The largest absolute Gasteiger partial charge is 0.332 e. The fourth-order valence-corrected chi connectivity index (χ4v) is 7.03. The lowest BCUT2D eigenvalue weighted by molar-refractivity contribution is 0.743. The second-order valence-electron chi connectivity index (χ2n) is 11.4. The highest BCUT2D eigenvalue weighted by Gasteiger charge is 2.40. The molecule has 0 saturated carbocycles. The molecule has 2 aliphatic heterocycles. The number of amidine groups is 1. The van der Waals surface area contributed by atoms with Crippen molar-refractivity contribution < 1.29 is 0 Å². The van der Waals surface area contributed by atoms with Gasteiger partial charge in [-0.05, 0) is 29.3 Å². The van der Waals surface area contributed by atoms with Crippen molar-refractivity contribution in [2.45, 2.75) is 18.1 Å². The Morgan fingerprint density at radius 2 is 1.32 bits per heavy atom. The Morgan fingerprint density at radius 3 is 2.14 bits per heavy atom. The van der Waals surface area contributed by atoms with Crippen molar-refractivity contribution in [2.24, 2.45) is 9.98 Å². The van der Waals surface area contributed by atoms with E-state index in [2.05, 4.69) is 154 Å². The highest BCUT2D eigenvalue weighted by Crippen LogP contribution is 2.52. The molecule has 0 amide bonds. The normalized spacial score (nSPS) is 20.3. The first-order chi connectivity index (χ1) is 21.8. The van der Waals surface area contributed by atoms with Crippen LogP contribution in [-0.4, -0.2) is 22.4 Å². The van der Waals surface area contributed by atoms with Crippen molar-refractivity contribution >= 4 is 45.0 Å². The molecule has 0 radical (unpaired) electrons. The summed E-state index contributed by atoms with van der Waals surface area (Å²) in [6.45, 7) is 0. The van der Waals surface area contributed by atoms with Crippen molar-refractivity contribution in [2.75, 3.05) is 4.90 Å². The van der Waals surface area contributed by atoms with Crippen LogP contribution >= 0.6 is 0 Å². The smallest absolute Gasteiger partial charge is 0.211 e. The second-order valence-corrected chi connectivity index (χ2v) is 11.4. The van der Waals surface area contributed by atoms with E-state index in [1.165, 1.54) is 27.7 Å². The van der Waals surface area contributed by atoms with Gasteiger partial charge >= 0.3 is 0 Å². The topological polar surface area (TPSA) is 44.9 Å². The standard InChI is InChI=1S/C39H29N5/c1-4-14-26(15-5-1)37-40-38(27-16-6-2-7-17-27)42-39(41-37)44-34-23-13-11-21-30(34)32-25-24-31-29-20-10-12-22-33(29)43(35(31)36(32)44)28-18-8-3-9-19-28/h1-25,29,33,37H,(H,40,41,42). The third-order valence-corrected chi connectivity index (χ3v) is 8.96. The zero-order valence-corrected chi connectivity index (χ0v) is 24.0. The number of allylic oxidation sites excluding steroid dienone is 2. The molecule has 3 unspecified atom stereocenters. The minimum absolute atomic E-state index is 0.189. The van der Waals surface area contributed by atoms with Gasteiger partial charge in [0.25, 0.3) is 0 Å². The molecule has 6 aromatic rings. The maximum atomic E-state index is 5.32. The van der Waals surface area contributed by atoms with E-state index >= 15 is 0 Å². The van der Waals surface area contributed by atoms with E-state index in [9.17, 15) is 0 Å². The van der Waals surface area contributed by atoms with Gasteiger partial charge in [0.2, 0.25) is 5.96 Å². The van der Waals surface area contributed by atoms with Crippen LogP contribution in [0.15, 0.2) is 162 Å². The molecular weight excluding hydrogens is 538 g/mol. The maximum absolute atomic E-state index is 5.32. The Morgan fingerprint density at radius 1 is 0.614 bits per heavy atom. The molecule has 0 fully saturated rings. The summed E-state index contributed by atoms with van der Waals surface area (Å²) >= 11 is 0. The Hall–Kier alpha value is -5.68. The van der Waals surface area contributed by atoms with Gasteiger partial charge in [-0.25, -0.2) is 9.98 Å². The number of anilines is 2. The van der Waals surface area contributed by atoms with E-state index in [1.54, 1.807) is 0 Å². The molecule has 1 N–H and O–H groups in total. The van der Waals surface area contributed by atoms with Crippen LogP contribution in [0.2, 0.25) is 0 Å². The zero-order valence-electron chi connectivity index (χ0n) is 24.0. The number of nitrogens with one attached hydrogen (secondary N) is 1. The van der Waals surface area contributed by atoms with Gasteiger partial charge in [-0.2, -0.15) is 0 Å². The molecule has 5 aromatic carbocycles. The molecule has 3 aliphatic rings. The van der Waals surface area contributed by atoms with Gasteiger partial charge in [-0.3, -0.25) is 4.57 Å². The van der Waals surface area contributed by atoms with Crippen LogP contribution in [0, 0.1) is 0 Å². The van der Waals surface area contributed by atoms with Gasteiger partial charge in [0, 0.05) is 27.9 Å². The van der Waals surface area contributed by atoms with E-state index < -0.39 is 0 Å². The Kier molecular flexibility index (Phi) is 5.63. The second kappa shape index (κ2) is 9.96. The van der Waals surface area contributed by atoms with Crippen LogP contribution < -0.4 is 10.2 Å². The van der Waals surface area contributed by atoms with Crippen molar-refractivity contribution in [1.82, 2.24) is 9.88 Å². The molecule has 9 rings (SSSR count). The zero-order chi connectivity index (χ0) is 29.0. The molecule has 210 valence electrons. The number of nitrogens with zero attached hydrogens (tertiary/aromatic N) is 4. The van der Waals surface area contributed by atoms with E-state index in [0.717, 1.165) is 34.0 Å². The van der Waals surface area contributed by atoms with E-state index in [4.69, 9.17) is 9.98 Å². The number of benzene rings is 5. The van der Waals surface area contributed by atoms with Crippen LogP contribution in [0.3, 0.4) is 0 Å². The molecule has 44 heavy (non-hydrogen) atoms. The minimum Gasteiger partial charge on any atom is -0.332 e. The monoisotopic (exact) mass is 567 g/mol. The molecule has 1 aromatic heterocycles. The van der Waals surface area contributed by atoms with Crippen LogP contribution in [0.1, 0.15) is 28.8 Å². The maximum Gasteiger partial charge on any atom is 0.211 e. The number of para-hydroxylation sites is 2. The average molecular weight is 568 g/mol. The molecule has 0 bridgehead atoms. The predicted octanol–water partition coefficient (Wildman–Crippen LogP) is 8.48. The van der Waals surface area contributed by atoms with Crippen LogP contribution in [-0.2, 0) is 0 Å². The fourth-order valence-electron chi connectivity index (χ4n) is 7.03. The lowest BCUT2D eigenvalue weighted by Gasteiger charge is -2.29. The summed E-state index contributed by atoms with van der Waals surface area (Å²) in [6, 6.07) is 44.9. The number of hydrogen-bond acceptors (Lipinski definition) is 4. The highest BCUT2D eigenvalue weighted by molar-refractivity contribution is 6.21. The summed E-state index contributed by atoms with van der Waals surface area (Å²) < 4.78 is 2.33. The van der Waals surface area contributed by atoms with Gasteiger partial charge in [0.1, 0.15) is 5.84 Å². The fraction of sp³-hybridized carbons (Fsp3) is 0.0769. The molecule has 1 aliphatic carbocycles. The average Bonchev–Trinajstić information content (AvgIpc) is 3.62. The van der Waals surface area contributed by atoms with Gasteiger partial charge < -0.3 is 10.2 Å². The van der Waals surface area contributed by atoms with Crippen LogP contribution in [0.25, 0.3) is 21.8 Å². The molecule has 5 nitrogen and oxygen atoms in total. The summed E-state index contributed by atoms with van der Waals surface area (Å²) in [7, 11) is 0. The highest BCUT2D eigenvalue weighted by atomic mass is 15.3. The summed E-state index contributed by atoms with van der Waals surface area (Å²) in [5.41, 5.74) is 8.06. The van der Waals surface area contributed by atoms with Crippen LogP contribution in [0.4, 0.5) is 11.4 Å². The first-order valence-electron chi connectivity index (χ1n) is 15.1. The summed E-state index contributed by atoms with van der Waals surface area (Å²) in [5, 5.41) is 6.08. The molecule has 3 atom stereocenters. The Labute approximate surface area is 255 Å². The predicted molar refractivity (Wildman–Crippen MR) is 181 cm³/mol. The number of hydrogen-bond donors (Lipinski definition) is 1. The van der Waals surface area contributed by atoms with Crippen molar-refractivity contribution in [3.63, 3.8) is 0 Å². The molecule has 5 heteroatoms. The lowest BCUT2D eigenvalue weighted by atomic mass is 9.91. The third kappa shape index (κ3) is 3.79. The van der Waals surface area contributed by atoms with Crippen molar-refractivity contribution in [1.29, 1.82) is 0 Å². The Balaban J connectivity index is 1.34. The third-order valence-electron chi connectivity index (χ3n) is 8.96. The Bertz CT molecular complexity index is 2160.